The second kappa shape index (κ2) is 7.32. The van der Waals surface area contributed by atoms with Crippen molar-refractivity contribution in [3.63, 3.8) is 0 Å². The molecule has 0 aliphatic heterocycles. The van der Waals surface area contributed by atoms with Crippen molar-refractivity contribution in [3.8, 4) is 0 Å². The molecule has 0 amide bonds. The van der Waals surface area contributed by atoms with Crippen LogP contribution in [-0.4, -0.2) is 22.6 Å². The SMILES string of the molecule is CCOC1(c2ncc(CC(N)CC)cn2)CCC(C)CC1. The Morgan fingerprint density at radius 3 is 2.43 bits per heavy atom. The second-order valence-electron chi connectivity index (χ2n) is 6.40. The van der Waals surface area contributed by atoms with Crippen LogP contribution in [0.25, 0.3) is 0 Å². The third-order valence-electron chi connectivity index (χ3n) is 4.64. The maximum atomic E-state index is 6.10. The fraction of sp³-hybridized carbons (Fsp3) is 0.765. The molecule has 1 fully saturated rings. The minimum Gasteiger partial charge on any atom is -0.367 e. The smallest absolute Gasteiger partial charge is 0.160 e. The van der Waals surface area contributed by atoms with Gasteiger partial charge in [0.1, 0.15) is 5.60 Å². The average molecular weight is 291 g/mol. The van der Waals surface area contributed by atoms with Crippen molar-refractivity contribution in [1.29, 1.82) is 0 Å². The molecule has 0 saturated heterocycles. The predicted octanol–water partition coefficient (Wildman–Crippen LogP) is 3.20. The number of aromatic nitrogens is 2. The number of hydrogen-bond donors (Lipinski definition) is 1. The lowest BCUT2D eigenvalue weighted by Gasteiger charge is -2.37. The van der Waals surface area contributed by atoms with Crippen LogP contribution in [0.2, 0.25) is 0 Å². The van der Waals surface area contributed by atoms with E-state index in [9.17, 15) is 0 Å². The van der Waals surface area contributed by atoms with Crippen LogP contribution in [0.4, 0.5) is 0 Å². The Hall–Kier alpha value is -1.00. The summed E-state index contributed by atoms with van der Waals surface area (Å²) in [5.74, 6) is 1.63. The second-order valence-corrected chi connectivity index (χ2v) is 6.40. The Morgan fingerprint density at radius 2 is 1.90 bits per heavy atom. The van der Waals surface area contributed by atoms with Gasteiger partial charge in [-0.25, -0.2) is 9.97 Å². The fourth-order valence-electron chi connectivity index (χ4n) is 3.08. The van der Waals surface area contributed by atoms with Gasteiger partial charge in [-0.1, -0.05) is 13.8 Å². The van der Waals surface area contributed by atoms with E-state index in [4.69, 9.17) is 10.5 Å². The quantitative estimate of drug-likeness (QED) is 0.874. The number of hydrogen-bond acceptors (Lipinski definition) is 4. The molecule has 4 heteroatoms. The highest BCUT2D eigenvalue weighted by atomic mass is 16.5. The van der Waals surface area contributed by atoms with Gasteiger partial charge in [-0.05, 0) is 56.9 Å². The highest BCUT2D eigenvalue weighted by molar-refractivity contribution is 5.12. The molecule has 0 aromatic carbocycles. The van der Waals surface area contributed by atoms with Gasteiger partial charge in [-0.15, -0.1) is 0 Å². The lowest BCUT2D eigenvalue weighted by Crippen LogP contribution is -2.36. The van der Waals surface area contributed by atoms with Crippen molar-refractivity contribution < 1.29 is 4.74 Å². The van der Waals surface area contributed by atoms with Gasteiger partial charge in [0.15, 0.2) is 5.82 Å². The van der Waals surface area contributed by atoms with E-state index in [0.717, 1.165) is 43.0 Å². The first-order chi connectivity index (χ1) is 10.1. The third kappa shape index (κ3) is 4.01. The first kappa shape index (κ1) is 16.4. The zero-order valence-corrected chi connectivity index (χ0v) is 13.6. The van der Waals surface area contributed by atoms with E-state index in [0.29, 0.717) is 6.61 Å². The third-order valence-corrected chi connectivity index (χ3v) is 4.64. The normalized spacial score (nSPS) is 27.5. The van der Waals surface area contributed by atoms with Crippen molar-refractivity contribution in [1.82, 2.24) is 9.97 Å². The van der Waals surface area contributed by atoms with Gasteiger partial charge in [-0.3, -0.25) is 0 Å². The molecule has 0 bridgehead atoms. The Labute approximate surface area is 128 Å². The highest BCUT2D eigenvalue weighted by Crippen LogP contribution is 2.40. The van der Waals surface area contributed by atoms with Crippen molar-refractivity contribution in [3.05, 3.63) is 23.8 Å². The lowest BCUT2D eigenvalue weighted by atomic mass is 9.79. The Balaban J connectivity index is 2.13. The molecule has 1 aromatic heterocycles. The molecule has 0 spiro atoms. The molecule has 1 aliphatic carbocycles. The Morgan fingerprint density at radius 1 is 1.29 bits per heavy atom. The number of rotatable bonds is 6. The summed E-state index contributed by atoms with van der Waals surface area (Å²) in [5, 5.41) is 0. The fourth-order valence-corrected chi connectivity index (χ4v) is 3.08. The van der Waals surface area contributed by atoms with Crippen LogP contribution in [0.15, 0.2) is 12.4 Å². The van der Waals surface area contributed by atoms with Gasteiger partial charge in [-0.2, -0.15) is 0 Å². The molecule has 4 nitrogen and oxygen atoms in total. The van der Waals surface area contributed by atoms with Crippen LogP contribution in [0.1, 0.15) is 64.3 Å². The van der Waals surface area contributed by atoms with E-state index < -0.39 is 0 Å². The van der Waals surface area contributed by atoms with Crippen LogP contribution >= 0.6 is 0 Å². The maximum Gasteiger partial charge on any atom is 0.160 e. The van der Waals surface area contributed by atoms with Crippen LogP contribution in [0.3, 0.4) is 0 Å². The lowest BCUT2D eigenvalue weighted by molar-refractivity contribution is -0.0837. The standard InChI is InChI=1S/C17H29N3O/c1-4-15(18)10-14-11-19-16(20-12-14)17(21-5-2)8-6-13(3)7-9-17/h11-13,15H,4-10,18H2,1-3H3. The Bertz CT molecular complexity index is 424. The van der Waals surface area contributed by atoms with E-state index in [2.05, 4.69) is 30.7 Å². The van der Waals surface area contributed by atoms with E-state index in [1.165, 1.54) is 12.8 Å². The molecule has 1 unspecified atom stereocenters. The van der Waals surface area contributed by atoms with Crippen LogP contribution in [0, 0.1) is 5.92 Å². The molecule has 118 valence electrons. The molecule has 1 saturated carbocycles. The van der Waals surface area contributed by atoms with Gasteiger partial charge in [0.05, 0.1) is 0 Å². The minimum absolute atomic E-state index is 0.191. The molecule has 0 radical (unpaired) electrons. The van der Waals surface area contributed by atoms with Crippen LogP contribution < -0.4 is 5.73 Å². The summed E-state index contributed by atoms with van der Waals surface area (Å²) in [7, 11) is 0. The zero-order chi connectivity index (χ0) is 15.3. The van der Waals surface area contributed by atoms with Gasteiger partial charge < -0.3 is 10.5 Å². The molecule has 2 rings (SSSR count). The number of ether oxygens (including phenoxy) is 1. The molecule has 1 heterocycles. The maximum absolute atomic E-state index is 6.10. The topological polar surface area (TPSA) is 61.0 Å². The average Bonchev–Trinajstić information content (AvgIpc) is 2.50. The van der Waals surface area contributed by atoms with Crippen LogP contribution in [-0.2, 0) is 16.8 Å². The van der Waals surface area contributed by atoms with Gasteiger partial charge in [0.2, 0.25) is 0 Å². The first-order valence-corrected chi connectivity index (χ1v) is 8.30. The summed E-state index contributed by atoms with van der Waals surface area (Å²) in [4.78, 5) is 9.23. The summed E-state index contributed by atoms with van der Waals surface area (Å²) in [6.45, 7) is 7.17. The van der Waals surface area contributed by atoms with Gasteiger partial charge in [0, 0.05) is 25.0 Å². The van der Waals surface area contributed by atoms with E-state index in [1.54, 1.807) is 0 Å². The molecule has 1 aliphatic rings. The van der Waals surface area contributed by atoms with Crippen LogP contribution in [0.5, 0.6) is 0 Å². The molecule has 1 atom stereocenters. The van der Waals surface area contributed by atoms with Crippen molar-refractivity contribution in [2.75, 3.05) is 6.61 Å². The van der Waals surface area contributed by atoms with E-state index in [1.807, 2.05) is 12.4 Å². The summed E-state index contributed by atoms with van der Waals surface area (Å²) in [6, 6.07) is 0.191. The Kier molecular flexibility index (Phi) is 5.71. The van der Waals surface area contributed by atoms with E-state index >= 15 is 0 Å². The molecular weight excluding hydrogens is 262 g/mol. The predicted molar refractivity (Wildman–Crippen MR) is 84.9 cm³/mol. The largest absolute Gasteiger partial charge is 0.367 e. The summed E-state index contributed by atoms with van der Waals surface area (Å²) in [5.41, 5.74) is 6.84. The summed E-state index contributed by atoms with van der Waals surface area (Å²) < 4.78 is 6.10. The first-order valence-electron chi connectivity index (χ1n) is 8.30. The van der Waals surface area contributed by atoms with Gasteiger partial charge >= 0.3 is 0 Å². The minimum atomic E-state index is -0.271. The summed E-state index contributed by atoms with van der Waals surface area (Å²) in [6.07, 6.45) is 10.1. The summed E-state index contributed by atoms with van der Waals surface area (Å²) >= 11 is 0. The molecule has 21 heavy (non-hydrogen) atoms. The van der Waals surface area contributed by atoms with Crippen molar-refractivity contribution >= 4 is 0 Å². The van der Waals surface area contributed by atoms with Gasteiger partial charge in [0.25, 0.3) is 0 Å². The van der Waals surface area contributed by atoms with Crippen molar-refractivity contribution in [2.24, 2.45) is 11.7 Å². The van der Waals surface area contributed by atoms with Crippen molar-refractivity contribution in [2.45, 2.75) is 70.9 Å². The monoisotopic (exact) mass is 291 g/mol. The molecule has 1 aromatic rings. The molecule has 2 N–H and O–H groups in total. The molecular formula is C17H29N3O. The number of nitrogens with zero attached hydrogens (tertiary/aromatic N) is 2. The highest BCUT2D eigenvalue weighted by Gasteiger charge is 2.39. The van der Waals surface area contributed by atoms with E-state index in [-0.39, 0.29) is 11.6 Å². The zero-order valence-electron chi connectivity index (χ0n) is 13.6. The number of nitrogens with two attached hydrogens (primary N) is 1.